The summed E-state index contributed by atoms with van der Waals surface area (Å²) in [6, 6.07) is 16.4. The normalized spacial score (nSPS) is 24.3. The van der Waals surface area contributed by atoms with Crippen LogP contribution in [0.1, 0.15) is 49.9 Å². The Labute approximate surface area is 239 Å². The first kappa shape index (κ1) is 23.2. The maximum Gasteiger partial charge on any atom is 0.184 e. The van der Waals surface area contributed by atoms with Crippen molar-refractivity contribution >= 4 is 23.5 Å². The van der Waals surface area contributed by atoms with E-state index in [-0.39, 0.29) is 0 Å². The van der Waals surface area contributed by atoms with Crippen LogP contribution in [0.4, 0.5) is 0 Å². The zero-order valence-corrected chi connectivity index (χ0v) is 24.0. The van der Waals surface area contributed by atoms with Gasteiger partial charge in [0.2, 0.25) is 0 Å². The smallest absolute Gasteiger partial charge is 0.184 e. The molecule has 0 bridgehead atoms. The molecule has 0 unspecified atom stereocenters. The highest BCUT2D eigenvalue weighted by atomic mass is 32.2. The summed E-state index contributed by atoms with van der Waals surface area (Å²) in [5.41, 5.74) is 6.95. The zero-order valence-electron chi connectivity index (χ0n) is 22.3. The monoisotopic (exact) mass is 560 g/mol. The number of aromatic nitrogens is 4. The Morgan fingerprint density at radius 2 is 0.750 bits per heavy atom. The molecule has 0 amide bonds. The van der Waals surface area contributed by atoms with Crippen molar-refractivity contribution in [1.82, 2.24) is 19.9 Å². The predicted molar refractivity (Wildman–Crippen MR) is 154 cm³/mol. The van der Waals surface area contributed by atoms with Crippen molar-refractivity contribution in [3.05, 3.63) is 95.6 Å². The lowest BCUT2D eigenvalue weighted by atomic mass is 9.47. The predicted octanol–water partition coefficient (Wildman–Crippen LogP) is 7.19. The maximum atomic E-state index is 5.23. The van der Waals surface area contributed by atoms with E-state index in [4.69, 9.17) is 40.4 Å². The Morgan fingerprint density at radius 3 is 1.05 bits per heavy atom. The number of hydrogen-bond acceptors (Lipinski definition) is 10. The summed E-state index contributed by atoms with van der Waals surface area (Å²) < 4.78 is 0. The van der Waals surface area contributed by atoms with E-state index in [1.807, 2.05) is 72.6 Å². The summed E-state index contributed by atoms with van der Waals surface area (Å²) >= 11 is 3.64. The molecule has 0 aromatic carbocycles. The minimum absolute atomic E-state index is 0.403. The Hall–Kier alpha value is -3.50. The molecule has 0 radical (unpaired) electrons. The van der Waals surface area contributed by atoms with Gasteiger partial charge in [-0.2, -0.15) is 20.5 Å². The van der Waals surface area contributed by atoms with Crippen LogP contribution in [-0.4, -0.2) is 29.7 Å². The molecule has 5 aliphatic rings. The van der Waals surface area contributed by atoms with Crippen LogP contribution in [0.15, 0.2) is 93.8 Å². The standard InChI is InChI=1S/C30H24N8S2/c1-25(2)29(37-35-27(39-29)17-9-5-13-31-21(17)22-18(27)10-6-14-32-22)26(3,4)30(25)38-36-28(40-30)19-11-7-15-33-23(19)24-20(28)12-8-16-34-24/h5-16H,1-4H3. The molecule has 40 heavy (non-hydrogen) atoms. The molecule has 8 nitrogen and oxygen atoms in total. The average molecular weight is 561 g/mol. The summed E-state index contributed by atoms with van der Waals surface area (Å²) in [5, 5.41) is 20.7. The zero-order chi connectivity index (χ0) is 27.2. The lowest BCUT2D eigenvalue weighted by Gasteiger charge is -2.71. The topological polar surface area (TPSA) is 101 Å². The van der Waals surface area contributed by atoms with E-state index in [9.17, 15) is 0 Å². The van der Waals surface area contributed by atoms with Gasteiger partial charge in [-0.15, -0.1) is 0 Å². The number of rotatable bonds is 0. The second-order valence-corrected chi connectivity index (χ2v) is 14.8. The van der Waals surface area contributed by atoms with E-state index in [2.05, 4.69) is 52.0 Å². The fourth-order valence-corrected chi connectivity index (χ4v) is 12.0. The molecule has 196 valence electrons. The molecular weight excluding hydrogens is 537 g/mol. The average Bonchev–Trinajstić information content (AvgIpc) is 3.74. The lowest BCUT2D eigenvalue weighted by molar-refractivity contribution is -0.0965. The highest BCUT2D eigenvalue weighted by Crippen LogP contribution is 2.87. The van der Waals surface area contributed by atoms with Gasteiger partial charge in [0.25, 0.3) is 0 Å². The molecule has 1 fully saturated rings. The van der Waals surface area contributed by atoms with Crippen LogP contribution in [0.3, 0.4) is 0 Å². The second kappa shape index (κ2) is 6.86. The van der Waals surface area contributed by atoms with Crippen molar-refractivity contribution in [1.29, 1.82) is 0 Å². The largest absolute Gasteiger partial charge is 0.254 e. The van der Waals surface area contributed by atoms with Crippen LogP contribution in [0.25, 0.3) is 22.8 Å². The first-order valence-electron chi connectivity index (χ1n) is 13.4. The Balaban J connectivity index is 1.19. The molecular formula is C30H24N8S2. The molecule has 9 rings (SSSR count). The van der Waals surface area contributed by atoms with Crippen LogP contribution in [-0.2, 0) is 9.74 Å². The molecule has 4 aromatic rings. The van der Waals surface area contributed by atoms with E-state index in [0.29, 0.717) is 0 Å². The first-order chi connectivity index (χ1) is 19.2. The fourth-order valence-electron chi connectivity index (χ4n) is 7.96. The molecule has 0 saturated heterocycles. The minimum atomic E-state index is -0.693. The summed E-state index contributed by atoms with van der Waals surface area (Å²) in [6.07, 6.45) is 7.30. The van der Waals surface area contributed by atoms with Gasteiger partial charge >= 0.3 is 0 Å². The summed E-state index contributed by atoms with van der Waals surface area (Å²) in [7, 11) is 0. The van der Waals surface area contributed by atoms with Gasteiger partial charge in [0.15, 0.2) is 9.74 Å². The van der Waals surface area contributed by atoms with E-state index >= 15 is 0 Å². The van der Waals surface area contributed by atoms with Crippen LogP contribution in [0.5, 0.6) is 0 Å². The van der Waals surface area contributed by atoms with Crippen LogP contribution in [0.2, 0.25) is 0 Å². The molecule has 6 heterocycles. The van der Waals surface area contributed by atoms with Crippen molar-refractivity contribution in [3.63, 3.8) is 0 Å². The van der Waals surface area contributed by atoms with E-state index in [1.165, 1.54) is 0 Å². The summed E-state index contributed by atoms with van der Waals surface area (Å²) in [5.74, 6) is 0. The number of thioether (sulfide) groups is 2. The lowest BCUT2D eigenvalue weighted by Crippen LogP contribution is -2.79. The van der Waals surface area contributed by atoms with Crippen molar-refractivity contribution in [2.45, 2.75) is 47.2 Å². The molecule has 0 atom stereocenters. The van der Waals surface area contributed by atoms with E-state index in [0.717, 1.165) is 45.0 Å². The minimum Gasteiger partial charge on any atom is -0.254 e. The van der Waals surface area contributed by atoms with Crippen LogP contribution >= 0.6 is 23.5 Å². The Kier molecular flexibility index (Phi) is 3.98. The number of hydrogen-bond donors (Lipinski definition) is 0. The van der Waals surface area contributed by atoms with Crippen molar-refractivity contribution in [2.75, 3.05) is 0 Å². The highest BCUT2D eigenvalue weighted by Gasteiger charge is 2.88. The molecule has 2 aliphatic heterocycles. The van der Waals surface area contributed by atoms with Crippen molar-refractivity contribution < 1.29 is 0 Å². The third-order valence-corrected chi connectivity index (χ3v) is 14.2. The number of azo groups is 2. The van der Waals surface area contributed by atoms with Crippen molar-refractivity contribution in [2.24, 2.45) is 31.3 Å². The number of fused-ring (bicyclic) bond motifs is 10. The van der Waals surface area contributed by atoms with Gasteiger partial charge in [-0.3, -0.25) is 19.9 Å². The van der Waals surface area contributed by atoms with Gasteiger partial charge in [-0.1, -0.05) is 75.5 Å². The van der Waals surface area contributed by atoms with E-state index in [1.54, 1.807) is 0 Å². The number of nitrogens with zero attached hydrogens (tertiary/aromatic N) is 8. The Bertz CT molecular complexity index is 1620. The molecule has 3 aliphatic carbocycles. The van der Waals surface area contributed by atoms with Gasteiger partial charge in [0.1, 0.15) is 9.74 Å². The maximum absolute atomic E-state index is 5.23. The molecule has 4 aromatic heterocycles. The molecule has 10 heteroatoms. The van der Waals surface area contributed by atoms with Gasteiger partial charge in [-0.05, 0) is 24.3 Å². The molecule has 1 saturated carbocycles. The summed E-state index contributed by atoms with van der Waals surface area (Å²) in [6.45, 7) is 9.11. The quantitative estimate of drug-likeness (QED) is 0.226. The highest BCUT2D eigenvalue weighted by molar-refractivity contribution is 8.04. The van der Waals surface area contributed by atoms with E-state index < -0.39 is 30.3 Å². The molecule has 4 spiro atoms. The first-order valence-corrected chi connectivity index (χ1v) is 15.0. The third-order valence-electron chi connectivity index (χ3n) is 9.78. The second-order valence-electron chi connectivity index (χ2n) is 12.0. The van der Waals surface area contributed by atoms with Crippen molar-refractivity contribution in [3.8, 4) is 22.8 Å². The van der Waals surface area contributed by atoms with Crippen LogP contribution < -0.4 is 0 Å². The van der Waals surface area contributed by atoms with Gasteiger partial charge in [-0.25, -0.2) is 0 Å². The SMILES string of the molecule is CC1(C)C2(N=NC3(S2)c2cccnc2-c2ncccc23)C(C)(C)C12N=NC1(S2)c2cccnc2-c2ncccc21. The summed E-state index contributed by atoms with van der Waals surface area (Å²) in [4.78, 5) is 16.4. The Morgan fingerprint density at radius 1 is 0.450 bits per heavy atom. The third kappa shape index (κ3) is 2.14. The molecule has 0 N–H and O–H groups in total. The van der Waals surface area contributed by atoms with Gasteiger partial charge in [0, 0.05) is 57.9 Å². The number of pyridine rings is 4. The van der Waals surface area contributed by atoms with Crippen LogP contribution in [0, 0.1) is 10.8 Å². The van der Waals surface area contributed by atoms with Gasteiger partial charge < -0.3 is 0 Å². The van der Waals surface area contributed by atoms with Gasteiger partial charge in [0.05, 0.1) is 22.8 Å². The fraction of sp³-hybridized carbons (Fsp3) is 0.333.